The third-order valence-corrected chi connectivity index (χ3v) is 12.9. The summed E-state index contributed by atoms with van der Waals surface area (Å²) >= 11 is 1.76. The number of hydrogen-bond donors (Lipinski definition) is 3. The van der Waals surface area contributed by atoms with Crippen LogP contribution in [0.4, 0.5) is 4.79 Å². The summed E-state index contributed by atoms with van der Waals surface area (Å²) in [5, 5.41) is 18.0. The molecule has 2 aliphatic rings. The first-order valence-corrected chi connectivity index (χ1v) is 19.3. The first-order valence-electron chi connectivity index (χ1n) is 15.0. The minimum absolute atomic E-state index is 0.0903. The number of unbranched alkanes of at least 4 members (excludes halogenated alkanes) is 1. The summed E-state index contributed by atoms with van der Waals surface area (Å²) in [6.45, 7) is 14.4. The normalized spacial score (nSPS) is 22.8. The van der Waals surface area contributed by atoms with Crippen LogP contribution in [0.1, 0.15) is 89.4 Å². The highest BCUT2D eigenvalue weighted by Crippen LogP contribution is 2.48. The summed E-state index contributed by atoms with van der Waals surface area (Å²) in [5.41, 5.74) is 0. The molecule has 2 saturated carbocycles. The van der Waals surface area contributed by atoms with Crippen LogP contribution in [0.3, 0.4) is 0 Å². The van der Waals surface area contributed by atoms with Crippen molar-refractivity contribution in [2.45, 2.75) is 122 Å². The molecule has 2 aliphatic carbocycles. The molecule has 0 bridgehead atoms. The van der Waals surface area contributed by atoms with Crippen molar-refractivity contribution in [1.82, 2.24) is 10.6 Å². The Morgan fingerprint density at radius 3 is 2.50 bits per heavy atom. The zero-order chi connectivity index (χ0) is 27.9. The Balaban J connectivity index is 1.58. The Hall–Kier alpha value is -1.22. The van der Waals surface area contributed by atoms with Gasteiger partial charge in [-0.25, -0.2) is 4.79 Å². The highest BCUT2D eigenvalue weighted by Gasteiger charge is 2.56. The van der Waals surface area contributed by atoms with E-state index in [2.05, 4.69) is 63.2 Å². The number of rotatable bonds is 15. The van der Waals surface area contributed by atoms with Gasteiger partial charge in [0.1, 0.15) is 5.78 Å². The van der Waals surface area contributed by atoms with Gasteiger partial charge in [0.2, 0.25) is 0 Å². The molecule has 0 aromatic carbocycles. The van der Waals surface area contributed by atoms with Gasteiger partial charge >= 0.3 is 6.09 Å². The highest BCUT2D eigenvalue weighted by atomic mass is 32.1. The minimum Gasteiger partial charge on any atom is -0.449 e. The number of ether oxygens (including phenoxy) is 1. The molecule has 6 nitrogen and oxygen atoms in total. The molecule has 3 unspecified atom stereocenters. The number of alkyl carbamates (subject to hydrolysis) is 1. The molecule has 0 aliphatic heterocycles. The monoisotopic (exact) mass is 564 g/mol. The second-order valence-electron chi connectivity index (χ2n) is 13.1. The zero-order valence-electron chi connectivity index (χ0n) is 24.6. The average Bonchev–Trinajstić information content (AvgIpc) is 3.27. The van der Waals surface area contributed by atoms with Gasteiger partial charge in [-0.2, -0.15) is 0 Å². The van der Waals surface area contributed by atoms with Gasteiger partial charge in [-0.1, -0.05) is 78.6 Å². The zero-order valence-corrected chi connectivity index (χ0v) is 26.4. The second kappa shape index (κ2) is 14.4. The van der Waals surface area contributed by atoms with Gasteiger partial charge < -0.3 is 20.5 Å². The number of aliphatic hydroxyl groups excluding tert-OH is 1. The van der Waals surface area contributed by atoms with Crippen LogP contribution in [0.25, 0.3) is 0 Å². The number of ketones is 1. The average molecular weight is 565 g/mol. The van der Waals surface area contributed by atoms with E-state index < -0.39 is 14.2 Å². The number of Topliss-reactive ketones (excluding diaryl/α,β-unsaturated/α-hetero) is 1. The molecule has 1 aromatic heterocycles. The number of thiophene rings is 1. The maximum absolute atomic E-state index is 12.9. The van der Waals surface area contributed by atoms with Crippen molar-refractivity contribution in [2.24, 2.45) is 17.8 Å². The van der Waals surface area contributed by atoms with Crippen molar-refractivity contribution in [3.8, 4) is 0 Å². The van der Waals surface area contributed by atoms with Gasteiger partial charge in [0, 0.05) is 23.5 Å². The van der Waals surface area contributed by atoms with Crippen LogP contribution in [0.2, 0.25) is 19.6 Å². The fourth-order valence-electron chi connectivity index (χ4n) is 5.74. The SMILES string of the molecule is CCCC[C@H](NC[C@@H](CC(C)C)NC(=O)OCC1CCCCC1)C(O)C1C(=O)C1c1ccc([Si](C)(C)C)s1. The molecule has 2 fully saturated rings. The Kier molecular flexibility index (Phi) is 11.9. The fraction of sp³-hybridized carbons (Fsp3) is 0.800. The van der Waals surface area contributed by atoms with E-state index in [9.17, 15) is 14.7 Å². The van der Waals surface area contributed by atoms with Gasteiger partial charge in [-0.3, -0.25) is 4.79 Å². The number of hydrogen-bond acceptors (Lipinski definition) is 6. The van der Waals surface area contributed by atoms with Crippen LogP contribution in [0, 0.1) is 17.8 Å². The van der Waals surface area contributed by atoms with Crippen molar-refractivity contribution >= 4 is 35.8 Å². The van der Waals surface area contributed by atoms with Crippen molar-refractivity contribution in [3.05, 3.63) is 17.0 Å². The van der Waals surface area contributed by atoms with Crippen LogP contribution < -0.4 is 15.1 Å². The van der Waals surface area contributed by atoms with E-state index in [1.54, 1.807) is 11.3 Å². The van der Waals surface area contributed by atoms with Crippen molar-refractivity contribution in [3.63, 3.8) is 0 Å². The van der Waals surface area contributed by atoms with Gasteiger partial charge in [-0.15, -0.1) is 11.3 Å². The molecule has 1 amide bonds. The Morgan fingerprint density at radius 1 is 1.18 bits per heavy atom. The van der Waals surface area contributed by atoms with E-state index in [1.807, 2.05) is 0 Å². The van der Waals surface area contributed by atoms with Gasteiger partial charge in [-0.05, 0) is 48.1 Å². The predicted octanol–water partition coefficient (Wildman–Crippen LogP) is 5.81. The molecule has 0 radical (unpaired) electrons. The quantitative estimate of drug-likeness (QED) is 0.234. The van der Waals surface area contributed by atoms with Crippen LogP contribution in [0.5, 0.6) is 0 Å². The third kappa shape index (κ3) is 9.17. The van der Waals surface area contributed by atoms with Crippen molar-refractivity contribution in [2.75, 3.05) is 13.2 Å². The molecule has 5 atom stereocenters. The largest absolute Gasteiger partial charge is 0.449 e. The maximum atomic E-state index is 12.9. The van der Waals surface area contributed by atoms with E-state index in [1.165, 1.54) is 23.8 Å². The van der Waals surface area contributed by atoms with Crippen LogP contribution >= 0.6 is 11.3 Å². The van der Waals surface area contributed by atoms with E-state index >= 15 is 0 Å². The minimum atomic E-state index is -1.42. The summed E-state index contributed by atoms with van der Waals surface area (Å²) in [5.74, 6) is 0.542. The van der Waals surface area contributed by atoms with E-state index in [0.717, 1.165) is 43.4 Å². The molecule has 3 N–H and O–H groups in total. The Morgan fingerprint density at radius 2 is 1.89 bits per heavy atom. The molecule has 3 rings (SSSR count). The molecule has 8 heteroatoms. The van der Waals surface area contributed by atoms with Crippen LogP contribution in [0.15, 0.2) is 12.1 Å². The molecule has 1 heterocycles. The van der Waals surface area contributed by atoms with E-state index in [4.69, 9.17) is 4.74 Å². The third-order valence-electron chi connectivity index (χ3n) is 8.09. The van der Waals surface area contributed by atoms with Gasteiger partial charge in [0.25, 0.3) is 0 Å². The number of amides is 1. The number of nitrogens with one attached hydrogen (secondary N) is 2. The molecule has 216 valence electrons. The second-order valence-corrected chi connectivity index (χ2v) is 19.6. The van der Waals surface area contributed by atoms with Crippen LogP contribution in [-0.2, 0) is 9.53 Å². The van der Waals surface area contributed by atoms with Crippen LogP contribution in [-0.4, -0.2) is 56.4 Å². The molecule has 38 heavy (non-hydrogen) atoms. The summed E-state index contributed by atoms with van der Waals surface area (Å²) in [6.07, 6.45) is 8.60. The Labute approximate surface area is 235 Å². The summed E-state index contributed by atoms with van der Waals surface area (Å²) in [6, 6.07) is 4.01. The molecular formula is C30H52N2O4SSi. The van der Waals surface area contributed by atoms with Gasteiger partial charge in [0.15, 0.2) is 0 Å². The standard InChI is InChI=1S/C30H52N2O4SSi/c1-7-8-14-23(28(33)27-26(29(27)34)24-15-16-25(37-24)38(4,5)6)31-18-22(17-20(2)3)32-30(35)36-19-21-12-10-9-11-13-21/h15-16,20-23,26-28,31,33H,7-14,17-19H2,1-6H3,(H,32,35)/t22-,23+,26?,27?,28?/m1/s1. The lowest BCUT2D eigenvalue weighted by atomic mass is 9.90. The lowest BCUT2D eigenvalue weighted by molar-refractivity contribution is -0.112. The molecular weight excluding hydrogens is 512 g/mol. The fourth-order valence-corrected chi connectivity index (χ4v) is 8.82. The molecule has 1 aromatic rings. The van der Waals surface area contributed by atoms with Gasteiger partial charge in [0.05, 0.1) is 32.6 Å². The summed E-state index contributed by atoms with van der Waals surface area (Å²) in [4.78, 5) is 26.6. The maximum Gasteiger partial charge on any atom is 0.407 e. The first kappa shape index (κ1) is 31.3. The number of carbonyl (C=O) groups excluding carboxylic acids is 2. The van der Waals surface area contributed by atoms with E-state index in [0.29, 0.717) is 25.0 Å². The summed E-state index contributed by atoms with van der Waals surface area (Å²) < 4.78 is 7.00. The first-order chi connectivity index (χ1) is 18.0. The van der Waals surface area contributed by atoms with Crippen molar-refractivity contribution < 1.29 is 19.4 Å². The van der Waals surface area contributed by atoms with Crippen molar-refractivity contribution in [1.29, 1.82) is 0 Å². The lowest BCUT2D eigenvalue weighted by Gasteiger charge is -2.28. The molecule has 0 spiro atoms. The molecule has 0 saturated heterocycles. The highest BCUT2D eigenvalue weighted by molar-refractivity contribution is 7.26. The predicted molar refractivity (Wildman–Crippen MR) is 160 cm³/mol. The topological polar surface area (TPSA) is 87.7 Å². The number of aliphatic hydroxyl groups is 1. The van der Waals surface area contributed by atoms with E-state index in [-0.39, 0.29) is 35.8 Å². The summed E-state index contributed by atoms with van der Waals surface area (Å²) in [7, 11) is -1.42. The number of carbonyl (C=O) groups is 2. The Bertz CT molecular complexity index is 893. The lowest BCUT2D eigenvalue weighted by Crippen LogP contribution is -2.49. The smallest absolute Gasteiger partial charge is 0.407 e.